The summed E-state index contributed by atoms with van der Waals surface area (Å²) in [5, 5.41) is 12.9. The summed E-state index contributed by atoms with van der Waals surface area (Å²) < 4.78 is 11.5. The second-order valence-electron chi connectivity index (χ2n) is 7.62. The molecule has 2 N–H and O–H groups in total. The number of carbonyl (C=O) groups excluding carboxylic acids is 1. The van der Waals surface area contributed by atoms with Gasteiger partial charge in [0.15, 0.2) is 11.5 Å². The lowest BCUT2D eigenvalue weighted by Crippen LogP contribution is -2.34. The van der Waals surface area contributed by atoms with Crippen molar-refractivity contribution in [3.8, 4) is 11.5 Å². The van der Waals surface area contributed by atoms with Gasteiger partial charge in [0.25, 0.3) is 5.91 Å². The van der Waals surface area contributed by atoms with Gasteiger partial charge in [-0.05, 0) is 48.7 Å². The molecule has 0 atom stereocenters. The number of aliphatic hydroxyl groups excluding tert-OH is 1. The summed E-state index contributed by atoms with van der Waals surface area (Å²) in [6.07, 6.45) is 7.56. The Kier molecular flexibility index (Phi) is 8.84. The highest BCUT2D eigenvalue weighted by Crippen LogP contribution is 2.29. The highest BCUT2D eigenvalue weighted by Gasteiger charge is 2.17. The van der Waals surface area contributed by atoms with Crippen LogP contribution in [-0.2, 0) is 6.42 Å². The van der Waals surface area contributed by atoms with Gasteiger partial charge in [0.2, 0.25) is 0 Å². The van der Waals surface area contributed by atoms with Crippen molar-refractivity contribution in [1.29, 1.82) is 0 Å². The lowest BCUT2D eigenvalue weighted by molar-refractivity contribution is 0.0932. The van der Waals surface area contributed by atoms with Gasteiger partial charge in [-0.1, -0.05) is 49.4 Å². The molecule has 2 aromatic carbocycles. The zero-order chi connectivity index (χ0) is 21.2. The normalized spacial score (nSPS) is 14.7. The summed E-state index contributed by atoms with van der Waals surface area (Å²) in [6.45, 7) is 0.494. The Morgan fingerprint density at radius 3 is 2.50 bits per heavy atom. The van der Waals surface area contributed by atoms with Crippen molar-refractivity contribution in [3.05, 3.63) is 58.6 Å². The number of ether oxygens (including phenoxy) is 2. The average molecular weight is 432 g/mol. The van der Waals surface area contributed by atoms with E-state index in [1.54, 1.807) is 18.2 Å². The molecule has 162 valence electrons. The monoisotopic (exact) mass is 431 g/mol. The molecule has 2 aromatic rings. The Hall–Kier alpha value is -2.24. The first kappa shape index (κ1) is 22.4. The SMILES string of the molecule is O=C(NC1CCCCCC1)c1ccc(OCCO)c(OCCc2cccc(Cl)c2)c1. The maximum absolute atomic E-state index is 12.8. The topological polar surface area (TPSA) is 67.8 Å². The van der Waals surface area contributed by atoms with Gasteiger partial charge in [-0.15, -0.1) is 0 Å². The Morgan fingerprint density at radius 2 is 1.77 bits per heavy atom. The molecule has 1 fully saturated rings. The van der Waals surface area contributed by atoms with Crippen LogP contribution in [0.1, 0.15) is 54.4 Å². The van der Waals surface area contributed by atoms with Gasteiger partial charge < -0.3 is 19.9 Å². The van der Waals surface area contributed by atoms with E-state index in [1.807, 2.05) is 24.3 Å². The number of amides is 1. The number of carbonyl (C=O) groups is 1. The lowest BCUT2D eigenvalue weighted by atomic mass is 10.1. The standard InChI is InChI=1S/C24H30ClNO4/c25-20-7-5-6-18(16-20)12-14-29-23-17-19(10-11-22(23)30-15-13-27)24(28)26-21-8-3-1-2-4-9-21/h5-7,10-11,16-17,21,27H,1-4,8-9,12-15H2,(H,26,28). The van der Waals surface area contributed by atoms with E-state index in [0.29, 0.717) is 35.1 Å². The van der Waals surface area contributed by atoms with Crippen LogP contribution in [0.3, 0.4) is 0 Å². The molecule has 0 saturated heterocycles. The first-order valence-electron chi connectivity index (χ1n) is 10.7. The molecule has 0 aromatic heterocycles. The van der Waals surface area contributed by atoms with Gasteiger partial charge in [0.05, 0.1) is 13.2 Å². The molecule has 0 unspecified atom stereocenters. The van der Waals surface area contributed by atoms with Crippen molar-refractivity contribution in [2.45, 2.75) is 51.0 Å². The number of hydrogen-bond acceptors (Lipinski definition) is 4. The number of benzene rings is 2. The average Bonchev–Trinajstić information content (AvgIpc) is 3.01. The van der Waals surface area contributed by atoms with Crippen LogP contribution in [0.15, 0.2) is 42.5 Å². The molecule has 1 aliphatic rings. The first-order valence-corrected chi connectivity index (χ1v) is 11.1. The minimum Gasteiger partial charge on any atom is -0.489 e. The largest absolute Gasteiger partial charge is 0.489 e. The molecular formula is C24H30ClNO4. The van der Waals surface area contributed by atoms with Gasteiger partial charge in [0.1, 0.15) is 6.61 Å². The molecule has 0 spiro atoms. The summed E-state index contributed by atoms with van der Waals surface area (Å²) in [6, 6.07) is 13.1. The van der Waals surface area contributed by atoms with Crippen LogP contribution in [0.2, 0.25) is 5.02 Å². The maximum Gasteiger partial charge on any atom is 0.251 e. The van der Waals surface area contributed by atoms with Crippen LogP contribution in [-0.4, -0.2) is 36.9 Å². The molecule has 0 radical (unpaired) electrons. The molecule has 1 aliphatic carbocycles. The van der Waals surface area contributed by atoms with E-state index >= 15 is 0 Å². The highest BCUT2D eigenvalue weighted by atomic mass is 35.5. The minimum absolute atomic E-state index is 0.0877. The molecule has 0 heterocycles. The number of nitrogens with one attached hydrogen (secondary N) is 1. The van der Waals surface area contributed by atoms with Crippen LogP contribution in [0.5, 0.6) is 11.5 Å². The summed E-state index contributed by atoms with van der Waals surface area (Å²) in [7, 11) is 0. The Balaban J connectivity index is 1.66. The van der Waals surface area contributed by atoms with Gasteiger partial charge >= 0.3 is 0 Å². The number of halogens is 1. The molecule has 3 rings (SSSR count). The minimum atomic E-state index is -0.0914. The van der Waals surface area contributed by atoms with E-state index < -0.39 is 0 Å². The summed E-state index contributed by atoms with van der Waals surface area (Å²) in [5.41, 5.74) is 1.62. The highest BCUT2D eigenvalue weighted by molar-refractivity contribution is 6.30. The van der Waals surface area contributed by atoms with Gasteiger partial charge in [-0.2, -0.15) is 0 Å². The Bertz CT molecular complexity index is 819. The number of aliphatic hydroxyl groups is 1. The van der Waals surface area contributed by atoms with Crippen LogP contribution in [0, 0.1) is 0 Å². The Labute approximate surface area is 183 Å². The summed E-state index contributed by atoms with van der Waals surface area (Å²) in [5.74, 6) is 0.926. The molecule has 5 nitrogen and oxygen atoms in total. The van der Waals surface area contributed by atoms with Crippen LogP contribution >= 0.6 is 11.6 Å². The van der Waals surface area contributed by atoms with Crippen LogP contribution in [0.4, 0.5) is 0 Å². The third-order valence-corrected chi connectivity index (χ3v) is 5.52. The fourth-order valence-corrected chi connectivity index (χ4v) is 3.91. The maximum atomic E-state index is 12.8. The second-order valence-corrected chi connectivity index (χ2v) is 8.06. The third kappa shape index (κ3) is 6.92. The molecule has 30 heavy (non-hydrogen) atoms. The second kappa shape index (κ2) is 11.8. The van der Waals surface area contributed by atoms with Crippen molar-refractivity contribution in [3.63, 3.8) is 0 Å². The third-order valence-electron chi connectivity index (χ3n) is 5.28. The van der Waals surface area contributed by atoms with Crippen molar-refractivity contribution < 1.29 is 19.4 Å². The molecule has 6 heteroatoms. The zero-order valence-electron chi connectivity index (χ0n) is 17.2. The lowest BCUT2D eigenvalue weighted by Gasteiger charge is -2.18. The van der Waals surface area contributed by atoms with E-state index in [1.165, 1.54) is 12.8 Å². The molecular weight excluding hydrogens is 402 g/mol. The molecule has 1 saturated carbocycles. The van der Waals surface area contributed by atoms with Gasteiger partial charge in [-0.25, -0.2) is 0 Å². The summed E-state index contributed by atoms with van der Waals surface area (Å²) in [4.78, 5) is 12.8. The number of rotatable bonds is 9. The van der Waals surface area contributed by atoms with E-state index in [0.717, 1.165) is 31.2 Å². The zero-order valence-corrected chi connectivity index (χ0v) is 18.0. The molecule has 0 bridgehead atoms. The predicted octanol–water partition coefficient (Wildman–Crippen LogP) is 4.79. The molecule has 1 amide bonds. The fraction of sp³-hybridized carbons (Fsp3) is 0.458. The fourth-order valence-electron chi connectivity index (χ4n) is 3.70. The van der Waals surface area contributed by atoms with E-state index in [2.05, 4.69) is 5.32 Å². The van der Waals surface area contributed by atoms with Gasteiger partial charge in [-0.3, -0.25) is 4.79 Å². The van der Waals surface area contributed by atoms with Crippen molar-refractivity contribution in [1.82, 2.24) is 5.32 Å². The predicted molar refractivity (Wildman–Crippen MR) is 119 cm³/mol. The van der Waals surface area contributed by atoms with E-state index in [-0.39, 0.29) is 25.2 Å². The Morgan fingerprint density at radius 1 is 1.00 bits per heavy atom. The summed E-state index contributed by atoms with van der Waals surface area (Å²) >= 11 is 6.04. The van der Waals surface area contributed by atoms with Crippen LogP contribution in [0.25, 0.3) is 0 Å². The number of hydrogen-bond donors (Lipinski definition) is 2. The van der Waals surface area contributed by atoms with Crippen molar-refractivity contribution in [2.75, 3.05) is 19.8 Å². The smallest absolute Gasteiger partial charge is 0.251 e. The van der Waals surface area contributed by atoms with Crippen LogP contribution < -0.4 is 14.8 Å². The van der Waals surface area contributed by atoms with E-state index in [9.17, 15) is 4.79 Å². The quantitative estimate of drug-likeness (QED) is 0.560. The molecule has 0 aliphatic heterocycles. The van der Waals surface area contributed by atoms with Crippen molar-refractivity contribution in [2.24, 2.45) is 0 Å². The first-order chi connectivity index (χ1) is 14.7. The van der Waals surface area contributed by atoms with Gasteiger partial charge in [0, 0.05) is 23.0 Å². The van der Waals surface area contributed by atoms with Crippen molar-refractivity contribution >= 4 is 17.5 Å². The van der Waals surface area contributed by atoms with E-state index in [4.69, 9.17) is 26.2 Å².